The van der Waals surface area contributed by atoms with Crippen molar-refractivity contribution in [2.24, 2.45) is 0 Å². The molecule has 0 aliphatic carbocycles. The predicted octanol–water partition coefficient (Wildman–Crippen LogP) is 3.94. The number of carbonyl (C=O) groups is 2. The molecule has 0 saturated heterocycles. The van der Waals surface area contributed by atoms with E-state index in [0.29, 0.717) is 21.8 Å². The van der Waals surface area contributed by atoms with Crippen LogP contribution in [0.25, 0.3) is 0 Å². The largest absolute Gasteiger partial charge is 0.367 e. The molecule has 120 valence electrons. The van der Waals surface area contributed by atoms with Crippen molar-refractivity contribution >= 4 is 52.1 Å². The highest BCUT2D eigenvalue weighted by atomic mass is 35.5. The first kappa shape index (κ1) is 17.8. The van der Waals surface area contributed by atoms with Gasteiger partial charge in [-0.05, 0) is 48.5 Å². The summed E-state index contributed by atoms with van der Waals surface area (Å²) in [6.07, 6.45) is -1.42. The van der Waals surface area contributed by atoms with Crippen LogP contribution >= 0.6 is 34.8 Å². The van der Waals surface area contributed by atoms with Crippen LogP contribution in [0.15, 0.2) is 48.5 Å². The Kier molecular flexibility index (Phi) is 6.02. The number of aliphatic hydroxyl groups excluding tert-OH is 1. The van der Waals surface area contributed by atoms with Crippen LogP contribution in [0.2, 0.25) is 5.02 Å². The van der Waals surface area contributed by atoms with E-state index in [1.54, 1.807) is 24.3 Å². The fourth-order valence-corrected chi connectivity index (χ4v) is 2.23. The number of hydrogen-bond donors (Lipinski definition) is 2. The monoisotopic (exact) mass is 371 g/mol. The zero-order valence-corrected chi connectivity index (χ0v) is 13.9. The van der Waals surface area contributed by atoms with Crippen LogP contribution < -0.4 is 5.32 Å². The van der Waals surface area contributed by atoms with E-state index in [1.165, 1.54) is 24.3 Å². The number of anilines is 1. The van der Waals surface area contributed by atoms with E-state index in [-0.39, 0.29) is 0 Å². The van der Waals surface area contributed by atoms with Gasteiger partial charge in [-0.15, -0.1) is 0 Å². The van der Waals surface area contributed by atoms with Crippen LogP contribution in [0.3, 0.4) is 0 Å². The van der Waals surface area contributed by atoms with Gasteiger partial charge in [-0.25, -0.2) is 0 Å². The molecular weight excluding hydrogens is 361 g/mol. The average Bonchev–Trinajstić information content (AvgIpc) is 2.54. The molecule has 0 heterocycles. The number of Topliss-reactive ketones (excluding diaryl/α,β-unsaturated/α-hetero) is 2. The minimum Gasteiger partial charge on any atom is -0.367 e. The van der Waals surface area contributed by atoms with E-state index >= 15 is 0 Å². The second kappa shape index (κ2) is 7.79. The first-order valence-electron chi connectivity index (χ1n) is 6.55. The van der Waals surface area contributed by atoms with Crippen molar-refractivity contribution in [2.75, 3.05) is 5.32 Å². The Bertz CT molecular complexity index is 700. The number of hydrogen-bond acceptors (Lipinski definition) is 4. The second-order valence-corrected chi connectivity index (χ2v) is 6.19. The molecule has 0 spiro atoms. The van der Waals surface area contributed by atoms with Gasteiger partial charge in [0.2, 0.25) is 5.78 Å². The van der Waals surface area contributed by atoms with Gasteiger partial charge in [0.05, 0.1) is 0 Å². The van der Waals surface area contributed by atoms with Gasteiger partial charge in [0.25, 0.3) is 0 Å². The number of carbonyl (C=O) groups excluding carboxylic acids is 2. The van der Waals surface area contributed by atoms with Gasteiger partial charge in [0.15, 0.2) is 16.8 Å². The lowest BCUT2D eigenvalue weighted by Crippen LogP contribution is -2.29. The maximum absolute atomic E-state index is 12.1. The highest BCUT2D eigenvalue weighted by Gasteiger charge is 2.18. The van der Waals surface area contributed by atoms with Crippen LogP contribution in [0.1, 0.15) is 20.7 Å². The van der Waals surface area contributed by atoms with E-state index in [0.717, 1.165) is 0 Å². The quantitative estimate of drug-likeness (QED) is 0.458. The molecule has 0 bridgehead atoms. The zero-order chi connectivity index (χ0) is 17.0. The molecule has 0 aliphatic rings. The van der Waals surface area contributed by atoms with Crippen molar-refractivity contribution in [1.29, 1.82) is 0 Å². The van der Waals surface area contributed by atoms with Crippen molar-refractivity contribution in [2.45, 2.75) is 11.1 Å². The molecule has 4 nitrogen and oxygen atoms in total. The Morgan fingerprint density at radius 2 is 1.35 bits per heavy atom. The maximum Gasteiger partial charge on any atom is 0.211 e. The number of rotatable bonds is 6. The van der Waals surface area contributed by atoms with E-state index in [2.05, 4.69) is 5.32 Å². The molecule has 1 unspecified atom stereocenters. The molecule has 0 aliphatic heterocycles. The number of benzene rings is 2. The van der Waals surface area contributed by atoms with Crippen LogP contribution in [-0.4, -0.2) is 27.7 Å². The first-order valence-corrected chi connectivity index (χ1v) is 7.80. The molecule has 2 aromatic carbocycles. The topological polar surface area (TPSA) is 66.4 Å². The molecule has 0 fully saturated rings. The lowest BCUT2D eigenvalue weighted by Gasteiger charge is -2.13. The summed E-state index contributed by atoms with van der Waals surface area (Å²) >= 11 is 16.8. The van der Waals surface area contributed by atoms with Crippen molar-refractivity contribution in [3.05, 3.63) is 64.7 Å². The SMILES string of the molecule is O=C(c1ccc(NC(O)C(=O)c2ccc(Cl)cc2)cc1)C(Cl)Cl. The van der Waals surface area contributed by atoms with Gasteiger partial charge >= 0.3 is 0 Å². The third-order valence-electron chi connectivity index (χ3n) is 3.05. The Hall–Kier alpha value is -1.59. The second-order valence-electron chi connectivity index (χ2n) is 4.66. The highest BCUT2D eigenvalue weighted by Crippen LogP contribution is 2.17. The molecule has 7 heteroatoms. The van der Waals surface area contributed by atoms with Gasteiger partial charge in [0, 0.05) is 21.8 Å². The smallest absolute Gasteiger partial charge is 0.211 e. The van der Waals surface area contributed by atoms with E-state index in [1.807, 2.05) is 0 Å². The zero-order valence-electron chi connectivity index (χ0n) is 11.7. The summed E-state index contributed by atoms with van der Waals surface area (Å²) in [5.74, 6) is -0.916. The Morgan fingerprint density at radius 3 is 1.87 bits per heavy atom. The minimum atomic E-state index is -1.42. The van der Waals surface area contributed by atoms with Crippen molar-refractivity contribution < 1.29 is 14.7 Å². The number of alkyl halides is 2. The summed E-state index contributed by atoms with van der Waals surface area (Å²) in [5, 5.41) is 13.1. The lowest BCUT2D eigenvalue weighted by molar-refractivity contribution is 0.0793. The Balaban J connectivity index is 2.05. The minimum absolute atomic E-state index is 0.327. The molecule has 2 rings (SSSR count). The standard InChI is InChI=1S/C16H12Cl3NO3/c17-11-5-1-10(2-6-11)14(22)16(23)20-12-7-3-9(4-8-12)13(21)15(18)19/h1-8,15-16,20,23H. The van der Waals surface area contributed by atoms with Gasteiger partial charge in [0.1, 0.15) is 0 Å². The Labute approximate surface area is 148 Å². The summed E-state index contributed by atoms with van der Waals surface area (Å²) in [6.45, 7) is 0. The van der Waals surface area contributed by atoms with Crippen molar-refractivity contribution in [1.82, 2.24) is 0 Å². The van der Waals surface area contributed by atoms with Gasteiger partial charge in [-0.3, -0.25) is 9.59 Å². The molecule has 2 N–H and O–H groups in total. The number of aliphatic hydroxyl groups is 1. The van der Waals surface area contributed by atoms with Crippen molar-refractivity contribution in [3.63, 3.8) is 0 Å². The predicted molar refractivity (Wildman–Crippen MR) is 91.7 cm³/mol. The molecule has 23 heavy (non-hydrogen) atoms. The summed E-state index contributed by atoms with van der Waals surface area (Å²) < 4.78 is 0. The first-order chi connectivity index (χ1) is 10.9. The molecule has 0 aromatic heterocycles. The average molecular weight is 373 g/mol. The highest BCUT2D eigenvalue weighted by molar-refractivity contribution is 6.55. The summed E-state index contributed by atoms with van der Waals surface area (Å²) in [7, 11) is 0. The van der Waals surface area contributed by atoms with Gasteiger partial charge < -0.3 is 10.4 Å². The molecule has 0 radical (unpaired) electrons. The number of halogens is 3. The van der Waals surface area contributed by atoms with Gasteiger partial charge in [-0.2, -0.15) is 0 Å². The molecule has 1 atom stereocenters. The molecule has 0 saturated carbocycles. The van der Waals surface area contributed by atoms with E-state index < -0.39 is 22.6 Å². The fraction of sp³-hybridized carbons (Fsp3) is 0.125. The molecular formula is C16H12Cl3NO3. The van der Waals surface area contributed by atoms with Crippen LogP contribution in [-0.2, 0) is 0 Å². The van der Waals surface area contributed by atoms with Crippen molar-refractivity contribution in [3.8, 4) is 0 Å². The Morgan fingerprint density at radius 1 is 0.870 bits per heavy atom. The fourth-order valence-electron chi connectivity index (χ4n) is 1.85. The third-order valence-corrected chi connectivity index (χ3v) is 3.70. The van der Waals surface area contributed by atoms with E-state index in [4.69, 9.17) is 34.8 Å². The summed E-state index contributed by atoms with van der Waals surface area (Å²) in [6, 6.07) is 12.3. The van der Waals surface area contributed by atoms with Crippen LogP contribution in [0.4, 0.5) is 5.69 Å². The normalized spacial score (nSPS) is 12.0. The molecule has 2 aromatic rings. The molecule has 0 amide bonds. The van der Waals surface area contributed by atoms with Crippen LogP contribution in [0, 0.1) is 0 Å². The van der Waals surface area contributed by atoms with E-state index in [9.17, 15) is 14.7 Å². The summed E-state index contributed by atoms with van der Waals surface area (Å²) in [4.78, 5) is 22.5. The third kappa shape index (κ3) is 4.69. The number of ketones is 2. The summed E-state index contributed by atoms with van der Waals surface area (Å²) in [5.41, 5.74) is 1.13. The maximum atomic E-state index is 12.1. The number of nitrogens with one attached hydrogen (secondary N) is 1. The van der Waals surface area contributed by atoms with Gasteiger partial charge in [-0.1, -0.05) is 34.8 Å². The van der Waals surface area contributed by atoms with Crippen LogP contribution in [0.5, 0.6) is 0 Å². The lowest BCUT2D eigenvalue weighted by atomic mass is 10.1.